The van der Waals surface area contributed by atoms with Crippen molar-refractivity contribution < 1.29 is 24.2 Å². The van der Waals surface area contributed by atoms with Crippen LogP contribution in [0.25, 0.3) is 0 Å². The molecule has 5 heteroatoms. The van der Waals surface area contributed by atoms with Gasteiger partial charge in [0.1, 0.15) is 0 Å². The Morgan fingerprint density at radius 3 is 2.60 bits per heavy atom. The van der Waals surface area contributed by atoms with Crippen LogP contribution in [0.3, 0.4) is 0 Å². The Morgan fingerprint density at radius 2 is 1.90 bits per heavy atom. The van der Waals surface area contributed by atoms with Crippen LogP contribution in [0.15, 0.2) is 0 Å². The zero-order valence-electron chi connectivity index (χ0n) is 12.1. The first-order chi connectivity index (χ1) is 9.17. The van der Waals surface area contributed by atoms with Gasteiger partial charge in [-0.2, -0.15) is 0 Å². The van der Waals surface area contributed by atoms with Gasteiger partial charge in [0.15, 0.2) is 5.60 Å². The van der Waals surface area contributed by atoms with Crippen LogP contribution in [0.5, 0.6) is 0 Å². The molecule has 5 atom stereocenters. The molecule has 2 heterocycles. The Hall–Kier alpha value is -1.10. The van der Waals surface area contributed by atoms with Crippen LogP contribution in [0.2, 0.25) is 0 Å². The van der Waals surface area contributed by atoms with E-state index >= 15 is 0 Å². The van der Waals surface area contributed by atoms with Crippen LogP contribution in [0.1, 0.15) is 46.5 Å². The standard InChI is InChI=1S/C15H20O5/c1-12(2)7-13(3)6-9(16)19-11-15(13)8(12)4-5-14(15,18)10(17)20-11/h8,11,18H,4-7H2,1-3H3. The van der Waals surface area contributed by atoms with Crippen molar-refractivity contribution in [3.05, 3.63) is 0 Å². The van der Waals surface area contributed by atoms with Gasteiger partial charge in [0.25, 0.3) is 6.29 Å². The molecule has 20 heavy (non-hydrogen) atoms. The van der Waals surface area contributed by atoms with Gasteiger partial charge in [0, 0.05) is 0 Å². The van der Waals surface area contributed by atoms with Crippen molar-refractivity contribution in [3.63, 3.8) is 0 Å². The number of carbonyl (C=O) groups excluding carboxylic acids is 2. The molecule has 4 aliphatic rings. The molecule has 1 spiro atoms. The summed E-state index contributed by atoms with van der Waals surface area (Å²) < 4.78 is 10.7. The largest absolute Gasteiger partial charge is 0.424 e. The Balaban J connectivity index is 2.01. The molecule has 1 N–H and O–H groups in total. The molecule has 110 valence electrons. The molecule has 0 radical (unpaired) electrons. The van der Waals surface area contributed by atoms with E-state index < -0.39 is 28.7 Å². The van der Waals surface area contributed by atoms with Crippen molar-refractivity contribution in [1.82, 2.24) is 0 Å². The van der Waals surface area contributed by atoms with E-state index in [1.54, 1.807) is 0 Å². The van der Waals surface area contributed by atoms with Crippen molar-refractivity contribution in [2.24, 2.45) is 22.2 Å². The summed E-state index contributed by atoms with van der Waals surface area (Å²) in [6.07, 6.45) is 1.32. The maximum absolute atomic E-state index is 12.3. The third-order valence-corrected chi connectivity index (χ3v) is 6.51. The fraction of sp³-hybridized carbons (Fsp3) is 0.867. The van der Waals surface area contributed by atoms with Gasteiger partial charge in [-0.25, -0.2) is 4.79 Å². The first kappa shape index (κ1) is 12.6. The van der Waals surface area contributed by atoms with Crippen LogP contribution < -0.4 is 0 Å². The molecule has 5 unspecified atom stereocenters. The molecule has 4 rings (SSSR count). The Labute approximate surface area is 117 Å². The molecular weight excluding hydrogens is 260 g/mol. The summed E-state index contributed by atoms with van der Waals surface area (Å²) in [7, 11) is 0. The zero-order valence-corrected chi connectivity index (χ0v) is 12.1. The summed E-state index contributed by atoms with van der Waals surface area (Å²) in [5.74, 6) is -0.804. The summed E-state index contributed by atoms with van der Waals surface area (Å²) in [6.45, 7) is 6.33. The highest BCUT2D eigenvalue weighted by molar-refractivity contribution is 5.86. The number of esters is 2. The van der Waals surface area contributed by atoms with E-state index in [0.29, 0.717) is 6.42 Å². The molecule has 2 saturated carbocycles. The first-order valence-electron chi connectivity index (χ1n) is 7.30. The highest BCUT2D eigenvalue weighted by atomic mass is 16.7. The van der Waals surface area contributed by atoms with Crippen LogP contribution in [-0.4, -0.2) is 28.9 Å². The lowest BCUT2D eigenvalue weighted by atomic mass is 9.56. The molecule has 0 aromatic carbocycles. The number of ether oxygens (including phenoxy) is 2. The van der Waals surface area contributed by atoms with Crippen LogP contribution >= 0.6 is 0 Å². The van der Waals surface area contributed by atoms with Crippen LogP contribution in [-0.2, 0) is 19.1 Å². The summed E-state index contributed by atoms with van der Waals surface area (Å²) >= 11 is 0. The van der Waals surface area contributed by atoms with Crippen molar-refractivity contribution in [2.45, 2.75) is 58.3 Å². The Morgan fingerprint density at radius 1 is 1.20 bits per heavy atom. The number of hydrogen-bond donors (Lipinski definition) is 1. The lowest BCUT2D eigenvalue weighted by Crippen LogP contribution is -2.61. The summed E-state index contributed by atoms with van der Waals surface area (Å²) in [5, 5.41) is 11.1. The van der Waals surface area contributed by atoms with Crippen molar-refractivity contribution in [1.29, 1.82) is 0 Å². The lowest BCUT2D eigenvalue weighted by Gasteiger charge is -2.49. The Bertz CT molecular complexity index is 540. The molecule has 5 nitrogen and oxygen atoms in total. The van der Waals surface area contributed by atoms with Crippen molar-refractivity contribution in [3.8, 4) is 0 Å². The number of hydrogen-bond acceptors (Lipinski definition) is 5. The van der Waals surface area contributed by atoms with Crippen molar-refractivity contribution >= 4 is 11.9 Å². The van der Waals surface area contributed by atoms with E-state index in [2.05, 4.69) is 13.8 Å². The number of aliphatic hydroxyl groups is 1. The summed E-state index contributed by atoms with van der Waals surface area (Å²) in [4.78, 5) is 24.2. The van der Waals surface area contributed by atoms with Gasteiger partial charge in [-0.15, -0.1) is 0 Å². The zero-order chi connectivity index (χ0) is 14.6. The van der Waals surface area contributed by atoms with Gasteiger partial charge in [0.2, 0.25) is 0 Å². The van der Waals surface area contributed by atoms with Gasteiger partial charge in [-0.3, -0.25) is 4.79 Å². The normalized spacial score (nSPS) is 55.2. The maximum Gasteiger partial charge on any atom is 0.342 e. The molecule has 2 saturated heterocycles. The third kappa shape index (κ3) is 0.984. The van der Waals surface area contributed by atoms with Gasteiger partial charge in [-0.1, -0.05) is 20.8 Å². The Kier molecular flexibility index (Phi) is 1.93. The predicted molar refractivity (Wildman–Crippen MR) is 67.2 cm³/mol. The fourth-order valence-electron chi connectivity index (χ4n) is 6.29. The fourth-order valence-corrected chi connectivity index (χ4v) is 6.29. The molecule has 0 amide bonds. The molecule has 0 bridgehead atoms. The average molecular weight is 280 g/mol. The maximum atomic E-state index is 12.3. The quantitative estimate of drug-likeness (QED) is 0.679. The molecular formula is C15H20O5. The topological polar surface area (TPSA) is 72.8 Å². The van der Waals surface area contributed by atoms with E-state index in [-0.39, 0.29) is 23.7 Å². The number of carbonyl (C=O) groups is 2. The van der Waals surface area contributed by atoms with Gasteiger partial charge in [0.05, 0.1) is 11.8 Å². The molecule has 0 aromatic heterocycles. The highest BCUT2D eigenvalue weighted by Crippen LogP contribution is 2.78. The monoisotopic (exact) mass is 280 g/mol. The van der Waals surface area contributed by atoms with Gasteiger partial charge >= 0.3 is 11.9 Å². The van der Waals surface area contributed by atoms with Crippen molar-refractivity contribution in [2.75, 3.05) is 0 Å². The number of rotatable bonds is 0. The predicted octanol–water partition coefficient (Wildman–Crippen LogP) is 1.38. The second-order valence-electron chi connectivity index (χ2n) is 7.95. The van der Waals surface area contributed by atoms with E-state index in [1.165, 1.54) is 0 Å². The molecule has 2 aliphatic carbocycles. The van der Waals surface area contributed by atoms with E-state index in [1.807, 2.05) is 6.92 Å². The second kappa shape index (κ2) is 3.06. The van der Waals surface area contributed by atoms with E-state index in [0.717, 1.165) is 12.8 Å². The van der Waals surface area contributed by atoms with Gasteiger partial charge < -0.3 is 14.6 Å². The van der Waals surface area contributed by atoms with E-state index in [4.69, 9.17) is 9.47 Å². The molecule has 0 aromatic rings. The van der Waals surface area contributed by atoms with E-state index in [9.17, 15) is 14.7 Å². The average Bonchev–Trinajstić information content (AvgIpc) is 2.77. The molecule has 2 aliphatic heterocycles. The molecule has 4 fully saturated rings. The van der Waals surface area contributed by atoms with Gasteiger partial charge in [-0.05, 0) is 36.0 Å². The highest BCUT2D eigenvalue weighted by Gasteiger charge is 2.86. The minimum absolute atomic E-state index is 0.0422. The van der Waals surface area contributed by atoms with Crippen LogP contribution in [0, 0.1) is 22.2 Å². The summed E-state index contributed by atoms with van der Waals surface area (Å²) in [6, 6.07) is 0. The second-order valence-corrected chi connectivity index (χ2v) is 7.95. The summed E-state index contributed by atoms with van der Waals surface area (Å²) in [5.41, 5.74) is -2.75. The lowest BCUT2D eigenvalue weighted by molar-refractivity contribution is -0.240. The van der Waals surface area contributed by atoms with Crippen LogP contribution in [0.4, 0.5) is 0 Å². The third-order valence-electron chi connectivity index (χ3n) is 6.51. The minimum Gasteiger partial charge on any atom is -0.424 e. The first-order valence-corrected chi connectivity index (χ1v) is 7.30. The SMILES string of the molecule is CC1(C)CC2(C)CC(=O)OC3OC(=O)C4(O)CCC1C324. The minimum atomic E-state index is -1.49. The smallest absolute Gasteiger partial charge is 0.342 e.